The largest absolute Gasteiger partial charge is 0.371 e. The van der Waals surface area contributed by atoms with E-state index in [-0.39, 0.29) is 22.5 Å². The lowest BCUT2D eigenvalue weighted by molar-refractivity contribution is 0.602. The predicted octanol–water partition coefficient (Wildman–Crippen LogP) is -0.0901. The molecule has 0 bridgehead atoms. The molecule has 1 heterocycles. The average Bonchev–Trinajstić information content (AvgIpc) is 2.89. The molecule has 120 valence electrons. The van der Waals surface area contributed by atoms with Crippen LogP contribution in [0.5, 0.6) is 0 Å². The number of hydrogen-bond donors (Lipinski definition) is 3. The van der Waals surface area contributed by atoms with Crippen molar-refractivity contribution in [2.24, 2.45) is 27.2 Å². The second-order valence-electron chi connectivity index (χ2n) is 5.13. The normalized spacial score (nSPS) is 15.9. The molecule has 0 aromatic heterocycles. The fraction of sp³-hybridized carbons (Fsp3) is 0.385. The lowest BCUT2D eigenvalue weighted by atomic mass is 10.2. The first-order valence-corrected chi connectivity index (χ1v) is 8.69. The van der Waals surface area contributed by atoms with Gasteiger partial charge >= 0.3 is 0 Å². The van der Waals surface area contributed by atoms with Gasteiger partial charge in [-0.15, -0.1) is 0 Å². The maximum absolute atomic E-state index is 11.9. The Morgan fingerprint density at radius 3 is 2.36 bits per heavy atom. The van der Waals surface area contributed by atoms with Crippen LogP contribution >= 0.6 is 0 Å². The lowest BCUT2D eigenvalue weighted by Crippen LogP contribution is -2.26. The van der Waals surface area contributed by atoms with Crippen LogP contribution in [0.2, 0.25) is 0 Å². The average molecular weight is 324 g/mol. The standard InChI is InChI=1S/C13H20N6O2S/c1-22(20,21)11-5-4-9(19-6-2-3-7-19)8-10(11)17-13(16)18-12(14)15/h4-5,8H,2-3,6-7H2,1H3,(H6,14,15,16,17,18). The molecule has 0 amide bonds. The van der Waals surface area contributed by atoms with Gasteiger partial charge in [0.15, 0.2) is 15.8 Å². The molecule has 8 nitrogen and oxygen atoms in total. The van der Waals surface area contributed by atoms with Crippen LogP contribution < -0.4 is 22.1 Å². The smallest absolute Gasteiger partial charge is 0.223 e. The Morgan fingerprint density at radius 2 is 1.82 bits per heavy atom. The Balaban J connectivity index is 2.51. The molecule has 9 heteroatoms. The minimum atomic E-state index is -3.44. The minimum absolute atomic E-state index is 0.0872. The minimum Gasteiger partial charge on any atom is -0.371 e. The first-order chi connectivity index (χ1) is 10.3. The number of anilines is 1. The molecule has 22 heavy (non-hydrogen) atoms. The monoisotopic (exact) mass is 324 g/mol. The van der Waals surface area contributed by atoms with Gasteiger partial charge in [-0.2, -0.15) is 4.99 Å². The predicted molar refractivity (Wildman–Crippen MR) is 88.1 cm³/mol. The zero-order valence-electron chi connectivity index (χ0n) is 12.4. The van der Waals surface area contributed by atoms with Crippen LogP contribution in [-0.4, -0.2) is 39.7 Å². The number of rotatable bonds is 3. The molecular formula is C13H20N6O2S. The van der Waals surface area contributed by atoms with Crippen LogP contribution in [0.15, 0.2) is 33.1 Å². The van der Waals surface area contributed by atoms with Crippen molar-refractivity contribution < 1.29 is 8.42 Å². The number of guanidine groups is 2. The summed E-state index contributed by atoms with van der Waals surface area (Å²) in [6, 6.07) is 5.00. The van der Waals surface area contributed by atoms with Gasteiger partial charge in [0.25, 0.3) is 0 Å². The van der Waals surface area contributed by atoms with Gasteiger partial charge in [-0.1, -0.05) is 0 Å². The highest BCUT2D eigenvalue weighted by Gasteiger charge is 2.18. The van der Waals surface area contributed by atoms with Crippen molar-refractivity contribution in [3.8, 4) is 0 Å². The molecule has 1 fully saturated rings. The third-order valence-electron chi connectivity index (χ3n) is 3.29. The summed E-state index contributed by atoms with van der Waals surface area (Å²) in [6.07, 6.45) is 3.35. The number of nitrogens with zero attached hydrogens (tertiary/aromatic N) is 3. The molecule has 0 unspecified atom stereocenters. The number of aliphatic imine (C=N–C) groups is 2. The fourth-order valence-corrected chi connectivity index (χ4v) is 3.16. The SMILES string of the molecule is CS(=O)(=O)c1ccc(N2CCCC2)cc1N=C(N)N=C(N)N. The van der Waals surface area contributed by atoms with E-state index in [4.69, 9.17) is 17.2 Å². The second-order valence-corrected chi connectivity index (χ2v) is 7.11. The van der Waals surface area contributed by atoms with Crippen molar-refractivity contribution in [2.45, 2.75) is 17.7 Å². The molecule has 0 aliphatic carbocycles. The lowest BCUT2D eigenvalue weighted by Gasteiger charge is -2.18. The second kappa shape index (κ2) is 6.22. The van der Waals surface area contributed by atoms with E-state index in [0.717, 1.165) is 37.9 Å². The van der Waals surface area contributed by atoms with Crippen LogP contribution in [-0.2, 0) is 9.84 Å². The molecular weight excluding hydrogens is 304 g/mol. The van der Waals surface area contributed by atoms with E-state index in [1.165, 1.54) is 6.07 Å². The molecule has 1 aliphatic heterocycles. The summed E-state index contributed by atoms with van der Waals surface area (Å²) < 4.78 is 23.8. The molecule has 1 saturated heterocycles. The van der Waals surface area contributed by atoms with Crippen LogP contribution in [0.25, 0.3) is 0 Å². The van der Waals surface area contributed by atoms with Gasteiger partial charge in [0.1, 0.15) is 0 Å². The molecule has 0 radical (unpaired) electrons. The summed E-state index contributed by atoms with van der Waals surface area (Å²) in [4.78, 5) is 9.91. The van der Waals surface area contributed by atoms with Gasteiger partial charge in [0, 0.05) is 25.0 Å². The number of nitrogens with two attached hydrogens (primary N) is 3. The van der Waals surface area contributed by atoms with E-state index in [0.29, 0.717) is 0 Å². The molecule has 1 aromatic carbocycles. The van der Waals surface area contributed by atoms with Crippen LogP contribution in [0.3, 0.4) is 0 Å². The van der Waals surface area contributed by atoms with Crippen LogP contribution in [0, 0.1) is 0 Å². The van der Waals surface area contributed by atoms with E-state index >= 15 is 0 Å². The molecule has 1 aliphatic rings. The molecule has 2 rings (SSSR count). The highest BCUT2D eigenvalue weighted by Crippen LogP contribution is 2.31. The van der Waals surface area contributed by atoms with Gasteiger partial charge in [-0.3, -0.25) is 0 Å². The molecule has 6 N–H and O–H groups in total. The van der Waals surface area contributed by atoms with Gasteiger partial charge in [0.2, 0.25) is 5.96 Å². The third-order valence-corrected chi connectivity index (χ3v) is 4.44. The zero-order valence-corrected chi connectivity index (χ0v) is 13.2. The summed E-state index contributed by atoms with van der Waals surface area (Å²) in [5.41, 5.74) is 17.2. The van der Waals surface area contributed by atoms with Gasteiger partial charge < -0.3 is 22.1 Å². The topological polar surface area (TPSA) is 140 Å². The summed E-state index contributed by atoms with van der Waals surface area (Å²) in [6.45, 7) is 1.87. The Hall–Kier alpha value is -2.29. The number of hydrogen-bond acceptors (Lipinski definition) is 4. The zero-order chi connectivity index (χ0) is 16.3. The molecule has 0 saturated carbocycles. The highest BCUT2D eigenvalue weighted by molar-refractivity contribution is 7.90. The summed E-state index contributed by atoms with van der Waals surface area (Å²) in [5, 5.41) is 0. The van der Waals surface area contributed by atoms with Crippen LogP contribution in [0.4, 0.5) is 11.4 Å². The van der Waals surface area contributed by atoms with Gasteiger partial charge in [-0.25, -0.2) is 13.4 Å². The Labute approximate surface area is 129 Å². The molecule has 1 aromatic rings. The quantitative estimate of drug-likeness (QED) is 0.524. The van der Waals surface area contributed by atoms with Crippen molar-refractivity contribution in [1.82, 2.24) is 0 Å². The van der Waals surface area contributed by atoms with E-state index in [2.05, 4.69) is 14.9 Å². The summed E-state index contributed by atoms with van der Waals surface area (Å²) in [5.74, 6) is -0.429. The fourth-order valence-electron chi connectivity index (χ4n) is 2.36. The van der Waals surface area contributed by atoms with Crippen molar-refractivity contribution in [2.75, 3.05) is 24.2 Å². The Bertz CT molecular complexity index is 716. The van der Waals surface area contributed by atoms with E-state index in [1.54, 1.807) is 12.1 Å². The van der Waals surface area contributed by atoms with Gasteiger partial charge in [0.05, 0.1) is 10.6 Å². The van der Waals surface area contributed by atoms with Crippen molar-refractivity contribution in [3.63, 3.8) is 0 Å². The third kappa shape index (κ3) is 3.88. The number of benzene rings is 1. The van der Waals surface area contributed by atoms with Crippen LogP contribution in [0.1, 0.15) is 12.8 Å². The van der Waals surface area contributed by atoms with Crippen molar-refractivity contribution in [1.29, 1.82) is 0 Å². The summed E-state index contributed by atoms with van der Waals surface area (Å²) >= 11 is 0. The van der Waals surface area contributed by atoms with Crippen molar-refractivity contribution >= 4 is 33.1 Å². The molecule has 0 spiro atoms. The first-order valence-electron chi connectivity index (χ1n) is 6.80. The first kappa shape index (κ1) is 16.1. The highest BCUT2D eigenvalue weighted by atomic mass is 32.2. The van der Waals surface area contributed by atoms with E-state index < -0.39 is 9.84 Å². The van der Waals surface area contributed by atoms with Gasteiger partial charge in [-0.05, 0) is 31.0 Å². The maximum atomic E-state index is 11.9. The Kier molecular flexibility index (Phi) is 4.55. The van der Waals surface area contributed by atoms with E-state index in [9.17, 15) is 8.42 Å². The Morgan fingerprint density at radius 1 is 1.18 bits per heavy atom. The van der Waals surface area contributed by atoms with E-state index in [1.807, 2.05) is 0 Å². The molecule has 0 atom stereocenters. The van der Waals surface area contributed by atoms with Crippen molar-refractivity contribution in [3.05, 3.63) is 18.2 Å². The maximum Gasteiger partial charge on any atom is 0.223 e. The summed E-state index contributed by atoms with van der Waals surface area (Å²) in [7, 11) is -3.44. The number of sulfone groups is 1.